The summed E-state index contributed by atoms with van der Waals surface area (Å²) in [6.45, 7) is 10.7. The Morgan fingerprint density at radius 2 is 1.63 bits per heavy atom. The fourth-order valence-electron chi connectivity index (χ4n) is 3.54. The van der Waals surface area contributed by atoms with E-state index in [1.807, 2.05) is 0 Å². The molecule has 1 aliphatic rings. The van der Waals surface area contributed by atoms with Gasteiger partial charge in [0.25, 0.3) is 0 Å². The third-order valence-electron chi connectivity index (χ3n) is 4.46. The van der Waals surface area contributed by atoms with E-state index in [2.05, 4.69) is 34.6 Å². The molecule has 2 atom stereocenters. The third kappa shape index (κ3) is 5.43. The minimum absolute atomic E-state index is 0.0870. The summed E-state index contributed by atoms with van der Waals surface area (Å²) in [6, 6.07) is 0. The summed E-state index contributed by atoms with van der Waals surface area (Å²) in [5.74, 6) is 0.276. The van der Waals surface area contributed by atoms with Gasteiger partial charge in [0.05, 0.1) is 17.3 Å². The summed E-state index contributed by atoms with van der Waals surface area (Å²) in [5.41, 5.74) is -0.276. The topological polar surface area (TPSA) is 29.5 Å². The van der Waals surface area contributed by atoms with Gasteiger partial charge < -0.3 is 9.84 Å². The van der Waals surface area contributed by atoms with Gasteiger partial charge in [-0.25, -0.2) is 0 Å². The Bertz CT molecular complexity index is 258. The Morgan fingerprint density at radius 1 is 1.05 bits per heavy atom. The molecule has 1 N–H and O–H groups in total. The molecule has 2 heteroatoms. The van der Waals surface area contributed by atoms with E-state index in [4.69, 9.17) is 4.74 Å². The SMILES string of the molecule is CCCCCCCCC(O)C1CC(C)(C)OC1(C)C. The number of aliphatic hydroxyl groups excluding tert-OH is 1. The van der Waals surface area contributed by atoms with Crippen molar-refractivity contribution < 1.29 is 9.84 Å². The zero-order valence-corrected chi connectivity index (χ0v) is 13.7. The third-order valence-corrected chi connectivity index (χ3v) is 4.46. The maximum atomic E-state index is 10.4. The highest BCUT2D eigenvalue weighted by atomic mass is 16.5. The van der Waals surface area contributed by atoms with Gasteiger partial charge in [-0.1, -0.05) is 45.4 Å². The highest BCUT2D eigenvalue weighted by Crippen LogP contribution is 2.44. The largest absolute Gasteiger partial charge is 0.393 e. The molecule has 0 radical (unpaired) electrons. The summed E-state index contributed by atoms with van der Waals surface area (Å²) < 4.78 is 6.07. The molecule has 0 spiro atoms. The van der Waals surface area contributed by atoms with E-state index >= 15 is 0 Å². The summed E-state index contributed by atoms with van der Waals surface area (Å²) in [5, 5.41) is 10.4. The summed E-state index contributed by atoms with van der Waals surface area (Å²) in [4.78, 5) is 0. The van der Waals surface area contributed by atoms with Crippen molar-refractivity contribution in [1.82, 2.24) is 0 Å². The smallest absolute Gasteiger partial charge is 0.0687 e. The molecular formula is C17H34O2. The van der Waals surface area contributed by atoms with Crippen molar-refractivity contribution in [3.8, 4) is 0 Å². The van der Waals surface area contributed by atoms with E-state index in [-0.39, 0.29) is 23.2 Å². The number of aliphatic hydroxyl groups is 1. The van der Waals surface area contributed by atoms with Crippen LogP contribution in [0.1, 0.15) is 86.0 Å². The number of hydrogen-bond acceptors (Lipinski definition) is 2. The van der Waals surface area contributed by atoms with E-state index in [0.717, 1.165) is 19.3 Å². The number of hydrogen-bond donors (Lipinski definition) is 1. The lowest BCUT2D eigenvalue weighted by atomic mass is 9.81. The number of ether oxygens (including phenoxy) is 1. The molecule has 114 valence electrons. The monoisotopic (exact) mass is 270 g/mol. The Labute approximate surface area is 119 Å². The molecule has 0 aliphatic carbocycles. The fraction of sp³-hybridized carbons (Fsp3) is 1.00. The summed E-state index contributed by atoms with van der Waals surface area (Å²) >= 11 is 0. The van der Waals surface area contributed by atoms with Gasteiger partial charge in [0.2, 0.25) is 0 Å². The maximum Gasteiger partial charge on any atom is 0.0687 e. The van der Waals surface area contributed by atoms with Crippen LogP contribution in [-0.4, -0.2) is 22.4 Å². The average molecular weight is 270 g/mol. The first kappa shape index (κ1) is 17.0. The van der Waals surface area contributed by atoms with Crippen LogP contribution in [0.15, 0.2) is 0 Å². The van der Waals surface area contributed by atoms with Gasteiger partial charge >= 0.3 is 0 Å². The lowest BCUT2D eigenvalue weighted by molar-refractivity contribution is -0.0882. The van der Waals surface area contributed by atoms with Gasteiger partial charge in [-0.05, 0) is 40.5 Å². The van der Waals surface area contributed by atoms with Crippen LogP contribution >= 0.6 is 0 Å². The molecule has 19 heavy (non-hydrogen) atoms. The molecule has 0 aromatic rings. The van der Waals surface area contributed by atoms with Crippen LogP contribution in [0.2, 0.25) is 0 Å². The predicted molar refractivity (Wildman–Crippen MR) is 81.3 cm³/mol. The van der Waals surface area contributed by atoms with Gasteiger partial charge in [0.1, 0.15) is 0 Å². The van der Waals surface area contributed by atoms with Gasteiger partial charge in [-0.3, -0.25) is 0 Å². The van der Waals surface area contributed by atoms with Crippen molar-refractivity contribution in [1.29, 1.82) is 0 Å². The average Bonchev–Trinajstić information content (AvgIpc) is 2.51. The Morgan fingerprint density at radius 3 is 2.16 bits per heavy atom. The van der Waals surface area contributed by atoms with E-state index in [9.17, 15) is 5.11 Å². The molecule has 0 saturated carbocycles. The zero-order chi connectivity index (χ0) is 14.5. The van der Waals surface area contributed by atoms with Crippen LogP contribution in [0.3, 0.4) is 0 Å². The minimum atomic E-state index is -0.206. The normalized spacial score (nSPS) is 26.5. The van der Waals surface area contributed by atoms with Crippen molar-refractivity contribution in [3.05, 3.63) is 0 Å². The van der Waals surface area contributed by atoms with Gasteiger partial charge in [0.15, 0.2) is 0 Å². The molecule has 1 saturated heterocycles. The van der Waals surface area contributed by atoms with E-state index in [1.165, 1.54) is 32.1 Å². The first-order valence-corrected chi connectivity index (χ1v) is 8.17. The van der Waals surface area contributed by atoms with Crippen molar-refractivity contribution in [2.24, 2.45) is 5.92 Å². The highest BCUT2D eigenvalue weighted by Gasteiger charge is 2.48. The summed E-state index contributed by atoms with van der Waals surface area (Å²) in [7, 11) is 0. The van der Waals surface area contributed by atoms with Crippen molar-refractivity contribution in [2.75, 3.05) is 0 Å². The van der Waals surface area contributed by atoms with Gasteiger partial charge in [-0.15, -0.1) is 0 Å². The minimum Gasteiger partial charge on any atom is -0.393 e. The van der Waals surface area contributed by atoms with E-state index in [1.54, 1.807) is 0 Å². The maximum absolute atomic E-state index is 10.4. The van der Waals surface area contributed by atoms with Crippen LogP contribution in [0.25, 0.3) is 0 Å². The lowest BCUT2D eigenvalue weighted by Gasteiger charge is -2.30. The molecule has 0 aromatic heterocycles. The number of rotatable bonds is 8. The molecule has 0 bridgehead atoms. The highest BCUT2D eigenvalue weighted by molar-refractivity contribution is 4.97. The van der Waals surface area contributed by atoms with Crippen LogP contribution in [0.5, 0.6) is 0 Å². The van der Waals surface area contributed by atoms with Crippen LogP contribution in [-0.2, 0) is 4.74 Å². The Hall–Kier alpha value is -0.0800. The molecular weight excluding hydrogens is 236 g/mol. The van der Waals surface area contributed by atoms with Gasteiger partial charge in [0, 0.05) is 5.92 Å². The van der Waals surface area contributed by atoms with Crippen LogP contribution < -0.4 is 0 Å². The second kappa shape index (κ2) is 7.08. The molecule has 1 fully saturated rings. The molecule has 0 aromatic carbocycles. The van der Waals surface area contributed by atoms with E-state index < -0.39 is 0 Å². The van der Waals surface area contributed by atoms with Crippen molar-refractivity contribution >= 4 is 0 Å². The fourth-order valence-corrected chi connectivity index (χ4v) is 3.54. The Balaban J connectivity index is 2.27. The lowest BCUT2D eigenvalue weighted by Crippen LogP contribution is -2.36. The molecule has 0 amide bonds. The first-order chi connectivity index (χ1) is 8.78. The number of unbranched alkanes of at least 4 members (excludes halogenated alkanes) is 5. The Kier molecular flexibility index (Phi) is 6.32. The standard InChI is InChI=1S/C17H34O2/c1-6-7-8-9-10-11-12-15(18)14-13-16(2,3)19-17(14,4)5/h14-15,18H,6-13H2,1-5H3. The molecule has 2 nitrogen and oxygen atoms in total. The molecule has 1 aliphatic heterocycles. The van der Waals surface area contributed by atoms with E-state index in [0.29, 0.717) is 0 Å². The molecule has 1 heterocycles. The second-order valence-electron chi connectivity index (χ2n) is 7.40. The quantitative estimate of drug-likeness (QED) is 0.648. The second-order valence-corrected chi connectivity index (χ2v) is 7.40. The van der Waals surface area contributed by atoms with Gasteiger partial charge in [-0.2, -0.15) is 0 Å². The predicted octanol–water partition coefficient (Wildman–Crippen LogP) is 4.69. The van der Waals surface area contributed by atoms with Crippen LogP contribution in [0.4, 0.5) is 0 Å². The zero-order valence-electron chi connectivity index (χ0n) is 13.7. The molecule has 2 unspecified atom stereocenters. The van der Waals surface area contributed by atoms with Crippen molar-refractivity contribution in [3.63, 3.8) is 0 Å². The van der Waals surface area contributed by atoms with Crippen molar-refractivity contribution in [2.45, 2.75) is 103 Å². The summed E-state index contributed by atoms with van der Waals surface area (Å²) in [6.07, 6.45) is 9.41. The molecule has 1 rings (SSSR count). The first-order valence-electron chi connectivity index (χ1n) is 8.17. The van der Waals surface area contributed by atoms with Crippen LogP contribution in [0, 0.1) is 5.92 Å².